The van der Waals surface area contributed by atoms with Crippen LogP contribution in [0.3, 0.4) is 0 Å². The molecule has 24 heavy (non-hydrogen) atoms. The van der Waals surface area contributed by atoms with Crippen LogP contribution in [0.15, 0.2) is 12.3 Å². The highest BCUT2D eigenvalue weighted by atomic mass is 32.1. The van der Waals surface area contributed by atoms with Crippen LogP contribution in [0.1, 0.15) is 33.5 Å². The highest BCUT2D eigenvalue weighted by Gasteiger charge is 2.19. The summed E-state index contributed by atoms with van der Waals surface area (Å²) in [5.41, 5.74) is 0.400. The zero-order valence-electron chi connectivity index (χ0n) is 14.1. The molecule has 0 saturated heterocycles. The van der Waals surface area contributed by atoms with Crippen LogP contribution in [0, 0.1) is 6.92 Å². The number of carbonyl (C=O) groups excluding carboxylic acids is 2. The van der Waals surface area contributed by atoms with Crippen molar-refractivity contribution in [2.75, 3.05) is 10.6 Å². The number of nitrogens with zero attached hydrogens (tertiary/aromatic N) is 3. The summed E-state index contributed by atoms with van der Waals surface area (Å²) in [7, 11) is 0. The summed E-state index contributed by atoms with van der Waals surface area (Å²) in [5, 5.41) is 5.86. The fraction of sp³-hybridized carbons (Fsp3) is 0.400. The number of hydrogen-bond donors (Lipinski definition) is 2. The zero-order chi connectivity index (χ0) is 17.9. The number of aromatic nitrogens is 3. The Morgan fingerprint density at radius 3 is 2.50 bits per heavy atom. The molecule has 2 rings (SSSR count). The Labute approximate surface area is 143 Å². The summed E-state index contributed by atoms with van der Waals surface area (Å²) < 4.78 is 9.40. The number of rotatable bonds is 3. The maximum absolute atomic E-state index is 12.1. The molecular weight excluding hydrogens is 330 g/mol. The third kappa shape index (κ3) is 4.98. The third-order valence-electron chi connectivity index (χ3n) is 2.60. The molecule has 0 unspecified atom stereocenters. The average molecular weight is 349 g/mol. The monoisotopic (exact) mass is 349 g/mol. The fourth-order valence-electron chi connectivity index (χ4n) is 1.80. The SMILES string of the molecule is CC(=O)Nc1cc(NC(=O)OC(C)(C)C)c(-c2nc(C)ns2)cn1. The van der Waals surface area contributed by atoms with Crippen molar-refractivity contribution >= 4 is 35.0 Å². The quantitative estimate of drug-likeness (QED) is 0.881. The first kappa shape index (κ1) is 17.8. The van der Waals surface area contributed by atoms with E-state index < -0.39 is 11.7 Å². The lowest BCUT2D eigenvalue weighted by atomic mass is 10.2. The molecule has 0 bridgehead atoms. The van der Waals surface area contributed by atoms with Crippen LogP contribution in [0.4, 0.5) is 16.3 Å². The molecular formula is C15H19N5O3S. The number of ether oxygens (including phenoxy) is 1. The van der Waals surface area contributed by atoms with Gasteiger partial charge in [-0.25, -0.2) is 14.8 Å². The molecule has 2 aromatic heterocycles. The van der Waals surface area contributed by atoms with Gasteiger partial charge in [0.1, 0.15) is 22.3 Å². The van der Waals surface area contributed by atoms with Gasteiger partial charge in [0.15, 0.2) is 0 Å². The van der Waals surface area contributed by atoms with Crippen LogP contribution >= 0.6 is 11.5 Å². The molecule has 128 valence electrons. The number of anilines is 2. The van der Waals surface area contributed by atoms with Gasteiger partial charge in [-0.05, 0) is 39.2 Å². The van der Waals surface area contributed by atoms with Crippen molar-refractivity contribution in [2.24, 2.45) is 0 Å². The van der Waals surface area contributed by atoms with E-state index in [4.69, 9.17) is 4.74 Å². The van der Waals surface area contributed by atoms with Gasteiger partial charge in [-0.3, -0.25) is 10.1 Å². The molecule has 2 aromatic rings. The summed E-state index contributed by atoms with van der Waals surface area (Å²) >= 11 is 1.20. The van der Waals surface area contributed by atoms with Gasteiger partial charge in [0.05, 0.1) is 11.3 Å². The van der Waals surface area contributed by atoms with Crippen LogP contribution in [0.5, 0.6) is 0 Å². The van der Waals surface area contributed by atoms with Gasteiger partial charge in [0.25, 0.3) is 0 Å². The highest BCUT2D eigenvalue weighted by Crippen LogP contribution is 2.30. The minimum atomic E-state index is -0.628. The Hall–Kier alpha value is -2.55. The van der Waals surface area contributed by atoms with Gasteiger partial charge in [-0.15, -0.1) is 0 Å². The van der Waals surface area contributed by atoms with Crippen molar-refractivity contribution < 1.29 is 14.3 Å². The summed E-state index contributed by atoms with van der Waals surface area (Å²) in [5.74, 6) is 0.688. The van der Waals surface area contributed by atoms with Crippen LogP contribution in [0.2, 0.25) is 0 Å². The topological polar surface area (TPSA) is 106 Å². The molecule has 0 saturated carbocycles. The molecule has 2 N–H and O–H groups in total. The summed E-state index contributed by atoms with van der Waals surface area (Å²) in [6, 6.07) is 1.55. The number of hydrogen-bond acceptors (Lipinski definition) is 7. The lowest BCUT2D eigenvalue weighted by Gasteiger charge is -2.20. The van der Waals surface area contributed by atoms with Gasteiger partial charge >= 0.3 is 6.09 Å². The number of pyridine rings is 1. The predicted molar refractivity (Wildman–Crippen MR) is 92.0 cm³/mol. The van der Waals surface area contributed by atoms with Crippen molar-refractivity contribution in [2.45, 2.75) is 40.2 Å². The molecule has 9 heteroatoms. The van der Waals surface area contributed by atoms with Crippen LogP contribution in [-0.4, -0.2) is 31.9 Å². The maximum atomic E-state index is 12.1. The van der Waals surface area contributed by atoms with Crippen molar-refractivity contribution in [3.8, 4) is 10.6 Å². The summed E-state index contributed by atoms with van der Waals surface area (Å²) in [6.07, 6.45) is 0.919. The molecule has 0 atom stereocenters. The number of carbonyl (C=O) groups is 2. The van der Waals surface area contributed by atoms with Gasteiger partial charge in [-0.1, -0.05) is 0 Å². The van der Waals surface area contributed by atoms with Crippen molar-refractivity contribution in [1.82, 2.24) is 14.3 Å². The molecule has 0 aromatic carbocycles. The van der Waals surface area contributed by atoms with E-state index in [1.807, 2.05) is 0 Å². The van der Waals surface area contributed by atoms with Gasteiger partial charge in [-0.2, -0.15) is 4.37 Å². The van der Waals surface area contributed by atoms with Crippen molar-refractivity contribution in [3.05, 3.63) is 18.1 Å². The normalized spacial score (nSPS) is 11.0. The molecule has 0 spiro atoms. The van der Waals surface area contributed by atoms with Crippen molar-refractivity contribution in [3.63, 3.8) is 0 Å². The molecule has 0 aliphatic heterocycles. The number of amides is 2. The smallest absolute Gasteiger partial charge is 0.412 e. The first-order valence-electron chi connectivity index (χ1n) is 7.22. The van der Waals surface area contributed by atoms with Gasteiger partial charge < -0.3 is 10.1 Å². The molecule has 0 fully saturated rings. The predicted octanol–water partition coefficient (Wildman–Crippen LogP) is 3.21. The molecule has 2 amide bonds. The first-order valence-corrected chi connectivity index (χ1v) is 8.00. The van der Waals surface area contributed by atoms with E-state index in [1.165, 1.54) is 24.7 Å². The van der Waals surface area contributed by atoms with E-state index >= 15 is 0 Å². The Morgan fingerprint density at radius 2 is 1.96 bits per heavy atom. The summed E-state index contributed by atoms with van der Waals surface area (Å²) in [6.45, 7) is 8.48. The second-order valence-corrected chi connectivity index (χ2v) is 6.82. The van der Waals surface area contributed by atoms with Crippen LogP contribution < -0.4 is 10.6 Å². The van der Waals surface area contributed by atoms with Crippen LogP contribution in [-0.2, 0) is 9.53 Å². The Morgan fingerprint density at radius 1 is 1.25 bits per heavy atom. The average Bonchev–Trinajstić information content (AvgIpc) is 2.82. The maximum Gasteiger partial charge on any atom is 0.412 e. The summed E-state index contributed by atoms with van der Waals surface area (Å²) in [4.78, 5) is 31.7. The van der Waals surface area contributed by atoms with E-state index in [0.29, 0.717) is 27.9 Å². The molecule has 8 nitrogen and oxygen atoms in total. The zero-order valence-corrected chi connectivity index (χ0v) is 14.9. The third-order valence-corrected chi connectivity index (χ3v) is 3.44. The first-order chi connectivity index (χ1) is 11.1. The van der Waals surface area contributed by atoms with Gasteiger partial charge in [0, 0.05) is 19.2 Å². The van der Waals surface area contributed by atoms with Crippen molar-refractivity contribution in [1.29, 1.82) is 0 Å². The molecule has 0 aliphatic carbocycles. The van der Waals surface area contributed by atoms with E-state index in [0.717, 1.165) is 0 Å². The lowest BCUT2D eigenvalue weighted by molar-refractivity contribution is -0.114. The minimum absolute atomic E-state index is 0.259. The molecule has 0 aliphatic rings. The second-order valence-electron chi connectivity index (χ2n) is 6.07. The minimum Gasteiger partial charge on any atom is -0.444 e. The second kappa shape index (κ2) is 6.91. The Kier molecular flexibility index (Phi) is 5.13. The van der Waals surface area contributed by atoms with Crippen LogP contribution in [0.25, 0.3) is 10.6 Å². The number of aryl methyl sites for hydroxylation is 1. The molecule has 0 radical (unpaired) electrons. The van der Waals surface area contributed by atoms with E-state index in [-0.39, 0.29) is 5.91 Å². The van der Waals surface area contributed by atoms with Gasteiger partial charge in [0.2, 0.25) is 5.91 Å². The standard InChI is InChI=1S/C15H19N5O3S/c1-8-17-13(24-20-8)10-7-16-12(18-9(2)21)6-11(10)19-14(22)23-15(3,4)5/h6-7H,1-5H3,(H2,16,18,19,21,22). The molecule has 2 heterocycles. The lowest BCUT2D eigenvalue weighted by Crippen LogP contribution is -2.27. The Bertz CT molecular complexity index is 767. The highest BCUT2D eigenvalue weighted by molar-refractivity contribution is 7.09. The fourth-order valence-corrected chi connectivity index (χ4v) is 2.49. The largest absolute Gasteiger partial charge is 0.444 e. The van der Waals surface area contributed by atoms with E-state index in [1.54, 1.807) is 33.8 Å². The number of nitrogens with one attached hydrogen (secondary N) is 2. The van der Waals surface area contributed by atoms with E-state index in [2.05, 4.69) is 25.0 Å². The Balaban J connectivity index is 2.36. The van der Waals surface area contributed by atoms with E-state index in [9.17, 15) is 9.59 Å².